The summed E-state index contributed by atoms with van der Waals surface area (Å²) in [6.07, 6.45) is 0. The van der Waals surface area contributed by atoms with Crippen molar-refractivity contribution in [3.8, 4) is 0 Å². The molecule has 0 spiro atoms. The smallest absolute Gasteiger partial charge is 0.263 e. The molecule has 0 heterocycles. The number of sulfonamides is 1. The first-order valence-electron chi connectivity index (χ1n) is 5.43. The highest BCUT2D eigenvalue weighted by Gasteiger charge is 2.21. The van der Waals surface area contributed by atoms with Gasteiger partial charge in [0.25, 0.3) is 10.0 Å². The van der Waals surface area contributed by atoms with E-state index in [4.69, 9.17) is 40.5 Å². The molecule has 3 N–H and O–H groups in total. The Morgan fingerprint density at radius 2 is 1.71 bits per heavy atom. The van der Waals surface area contributed by atoms with Crippen LogP contribution in [0.2, 0.25) is 15.1 Å². The molecule has 0 aliphatic heterocycles. The number of halogens is 4. The van der Waals surface area contributed by atoms with Crippen LogP contribution in [0, 0.1) is 0 Å². The van der Waals surface area contributed by atoms with Crippen molar-refractivity contribution in [2.75, 3.05) is 10.5 Å². The van der Waals surface area contributed by atoms with Crippen molar-refractivity contribution in [3.05, 3.63) is 49.9 Å². The fourth-order valence-electron chi connectivity index (χ4n) is 1.55. The van der Waals surface area contributed by atoms with Gasteiger partial charge in [0.15, 0.2) is 0 Å². The lowest BCUT2D eigenvalue weighted by Gasteiger charge is -2.12. The maximum Gasteiger partial charge on any atom is 0.263 e. The van der Waals surface area contributed by atoms with Gasteiger partial charge in [-0.05, 0) is 46.3 Å². The Hall–Kier alpha value is -0.660. The Labute approximate surface area is 145 Å². The first kappa shape index (κ1) is 16.7. The molecule has 0 amide bonds. The number of benzene rings is 2. The highest BCUT2D eigenvalue weighted by Crippen LogP contribution is 2.34. The SMILES string of the molecule is Nc1cc(Cl)cc(S(=O)(=O)Nc2ccc(Cl)cc2Cl)c1Br. The highest BCUT2D eigenvalue weighted by molar-refractivity contribution is 9.10. The van der Waals surface area contributed by atoms with Crippen molar-refractivity contribution in [2.24, 2.45) is 0 Å². The van der Waals surface area contributed by atoms with Crippen molar-refractivity contribution in [2.45, 2.75) is 4.90 Å². The van der Waals surface area contributed by atoms with Crippen LogP contribution >= 0.6 is 50.7 Å². The Balaban J connectivity index is 2.48. The lowest BCUT2D eigenvalue weighted by atomic mass is 10.3. The summed E-state index contributed by atoms with van der Waals surface area (Å²) in [4.78, 5) is -0.0847. The second kappa shape index (κ2) is 6.22. The molecule has 0 fully saturated rings. The van der Waals surface area contributed by atoms with Gasteiger partial charge in [0.1, 0.15) is 4.90 Å². The lowest BCUT2D eigenvalue weighted by Crippen LogP contribution is -2.14. The van der Waals surface area contributed by atoms with E-state index in [0.717, 1.165) is 0 Å². The molecule has 0 aliphatic carbocycles. The van der Waals surface area contributed by atoms with E-state index < -0.39 is 10.0 Å². The summed E-state index contributed by atoms with van der Waals surface area (Å²) in [6.45, 7) is 0. The van der Waals surface area contributed by atoms with E-state index in [-0.39, 0.29) is 30.8 Å². The highest BCUT2D eigenvalue weighted by atomic mass is 79.9. The molecule has 0 radical (unpaired) electrons. The molecule has 0 saturated carbocycles. The van der Waals surface area contributed by atoms with Gasteiger partial charge in [0, 0.05) is 15.7 Å². The summed E-state index contributed by atoms with van der Waals surface area (Å²) in [5.74, 6) is 0. The van der Waals surface area contributed by atoms with Gasteiger partial charge < -0.3 is 5.73 Å². The van der Waals surface area contributed by atoms with E-state index >= 15 is 0 Å². The number of rotatable bonds is 3. The predicted octanol–water partition coefficient (Wildman–Crippen LogP) is 4.79. The minimum absolute atomic E-state index is 0.0847. The molecule has 2 rings (SSSR count). The first-order valence-corrected chi connectivity index (χ1v) is 8.84. The quantitative estimate of drug-likeness (QED) is 0.688. The minimum atomic E-state index is -3.91. The fraction of sp³-hybridized carbons (Fsp3) is 0. The van der Waals surface area contributed by atoms with Crippen molar-refractivity contribution >= 4 is 72.1 Å². The van der Waals surface area contributed by atoms with Gasteiger partial charge in [-0.3, -0.25) is 4.72 Å². The molecular weight excluding hydrogens is 422 g/mol. The van der Waals surface area contributed by atoms with Gasteiger partial charge in [-0.25, -0.2) is 8.42 Å². The summed E-state index contributed by atoms with van der Waals surface area (Å²) in [5, 5.41) is 0.784. The molecule has 0 aromatic heterocycles. The standard InChI is InChI=1S/C12H8BrCl3N2O2S/c13-12-9(17)4-7(15)5-11(12)21(19,20)18-10-2-1-6(14)3-8(10)16/h1-5,18H,17H2. The number of nitrogens with one attached hydrogen (secondary N) is 1. The maximum atomic E-state index is 12.4. The molecule has 112 valence electrons. The van der Waals surface area contributed by atoms with Crippen LogP contribution in [0.15, 0.2) is 39.7 Å². The Morgan fingerprint density at radius 1 is 1.05 bits per heavy atom. The summed E-state index contributed by atoms with van der Waals surface area (Å²) >= 11 is 20.7. The monoisotopic (exact) mass is 428 g/mol. The molecule has 2 aromatic carbocycles. The molecule has 0 atom stereocenters. The van der Waals surface area contributed by atoms with E-state index in [1.165, 1.54) is 30.3 Å². The molecule has 0 unspecified atom stereocenters. The molecule has 9 heteroatoms. The molecule has 0 bridgehead atoms. The van der Waals surface area contributed by atoms with E-state index in [9.17, 15) is 8.42 Å². The predicted molar refractivity (Wildman–Crippen MR) is 90.8 cm³/mol. The summed E-state index contributed by atoms with van der Waals surface area (Å²) in [5.41, 5.74) is 6.11. The summed E-state index contributed by atoms with van der Waals surface area (Å²) in [6, 6.07) is 7.15. The van der Waals surface area contributed by atoms with Crippen LogP contribution in [0.5, 0.6) is 0 Å². The fourth-order valence-corrected chi connectivity index (χ4v) is 4.44. The topological polar surface area (TPSA) is 72.2 Å². The Morgan fingerprint density at radius 3 is 2.33 bits per heavy atom. The van der Waals surface area contributed by atoms with Crippen LogP contribution in [-0.4, -0.2) is 8.42 Å². The number of hydrogen-bond donors (Lipinski definition) is 2. The van der Waals surface area contributed by atoms with E-state index in [0.29, 0.717) is 5.02 Å². The zero-order chi connectivity index (χ0) is 15.8. The van der Waals surface area contributed by atoms with E-state index in [2.05, 4.69) is 20.7 Å². The van der Waals surface area contributed by atoms with E-state index in [1.807, 2.05) is 0 Å². The zero-order valence-electron chi connectivity index (χ0n) is 10.2. The molecule has 0 saturated heterocycles. The van der Waals surface area contributed by atoms with Crippen LogP contribution in [0.4, 0.5) is 11.4 Å². The van der Waals surface area contributed by atoms with Gasteiger partial charge in [-0.2, -0.15) is 0 Å². The maximum absolute atomic E-state index is 12.4. The molecule has 4 nitrogen and oxygen atoms in total. The molecule has 2 aromatic rings. The van der Waals surface area contributed by atoms with Crippen LogP contribution in [0.25, 0.3) is 0 Å². The minimum Gasteiger partial charge on any atom is -0.398 e. The molecule has 0 aliphatic rings. The second-order valence-electron chi connectivity index (χ2n) is 4.04. The normalized spacial score (nSPS) is 11.4. The number of nitrogens with two attached hydrogens (primary N) is 1. The Bertz CT molecular complexity index is 812. The Kier molecular flexibility index (Phi) is 4.95. The number of nitrogen functional groups attached to an aromatic ring is 1. The summed E-state index contributed by atoms with van der Waals surface area (Å²) in [7, 11) is -3.91. The number of hydrogen-bond acceptors (Lipinski definition) is 3. The van der Waals surface area contributed by atoms with Crippen LogP contribution in [0.1, 0.15) is 0 Å². The van der Waals surface area contributed by atoms with Gasteiger partial charge >= 0.3 is 0 Å². The van der Waals surface area contributed by atoms with Crippen molar-refractivity contribution in [3.63, 3.8) is 0 Å². The third-order valence-electron chi connectivity index (χ3n) is 2.50. The largest absolute Gasteiger partial charge is 0.398 e. The van der Waals surface area contributed by atoms with E-state index in [1.54, 1.807) is 0 Å². The third-order valence-corrected chi connectivity index (χ3v) is 5.80. The lowest BCUT2D eigenvalue weighted by molar-refractivity contribution is 0.601. The average molecular weight is 431 g/mol. The van der Waals surface area contributed by atoms with Crippen LogP contribution < -0.4 is 10.5 Å². The molecular formula is C12H8BrCl3N2O2S. The van der Waals surface area contributed by atoms with Crippen LogP contribution in [0.3, 0.4) is 0 Å². The van der Waals surface area contributed by atoms with Crippen molar-refractivity contribution < 1.29 is 8.42 Å². The van der Waals surface area contributed by atoms with Crippen molar-refractivity contribution in [1.29, 1.82) is 0 Å². The summed E-state index contributed by atoms with van der Waals surface area (Å²) < 4.78 is 27.4. The van der Waals surface area contributed by atoms with Gasteiger partial charge in [0.2, 0.25) is 0 Å². The van der Waals surface area contributed by atoms with Crippen molar-refractivity contribution in [1.82, 2.24) is 0 Å². The zero-order valence-corrected chi connectivity index (χ0v) is 14.9. The van der Waals surface area contributed by atoms with Gasteiger partial charge in [-0.1, -0.05) is 34.8 Å². The molecule has 21 heavy (non-hydrogen) atoms. The second-order valence-corrected chi connectivity index (χ2v) is 7.76. The first-order chi connectivity index (χ1) is 9.70. The van der Waals surface area contributed by atoms with Crippen LogP contribution in [-0.2, 0) is 10.0 Å². The van der Waals surface area contributed by atoms with Gasteiger partial charge in [0.05, 0.1) is 15.2 Å². The average Bonchev–Trinajstić information content (AvgIpc) is 2.37. The van der Waals surface area contributed by atoms with Gasteiger partial charge in [-0.15, -0.1) is 0 Å². The third kappa shape index (κ3) is 3.76. The number of anilines is 2.